The fraction of sp³-hybridized carbons (Fsp3) is 0.824. The third kappa shape index (κ3) is 4.55. The molecule has 0 spiro atoms. The van der Waals surface area contributed by atoms with E-state index in [1.807, 2.05) is 0 Å². The summed E-state index contributed by atoms with van der Waals surface area (Å²) >= 11 is 0. The Morgan fingerprint density at radius 3 is 2.67 bits per heavy atom. The standard InChI is InChI=1S/C17H32N4/c1-6-15-11-20(17(10-18-15)9-13(2)3)12-16-7-8-21(19-16)14(4)5/h7-8,13-15,17-18H,6,9-12H2,1-5H3. The van der Waals surface area contributed by atoms with Crippen LogP contribution in [0.2, 0.25) is 0 Å². The Labute approximate surface area is 129 Å². The molecule has 1 aliphatic heterocycles. The summed E-state index contributed by atoms with van der Waals surface area (Å²) in [7, 11) is 0. The van der Waals surface area contributed by atoms with Gasteiger partial charge in [-0.15, -0.1) is 0 Å². The van der Waals surface area contributed by atoms with Crippen LogP contribution in [0.5, 0.6) is 0 Å². The van der Waals surface area contributed by atoms with Crippen molar-refractivity contribution in [2.45, 2.75) is 72.1 Å². The molecule has 4 heteroatoms. The van der Waals surface area contributed by atoms with E-state index in [-0.39, 0.29) is 0 Å². The number of hydrogen-bond donors (Lipinski definition) is 1. The number of piperazine rings is 1. The highest BCUT2D eigenvalue weighted by Gasteiger charge is 2.27. The lowest BCUT2D eigenvalue weighted by atomic mass is 9.98. The van der Waals surface area contributed by atoms with Crippen molar-refractivity contribution < 1.29 is 0 Å². The molecule has 1 aromatic rings. The molecule has 1 aromatic heterocycles. The summed E-state index contributed by atoms with van der Waals surface area (Å²) in [6.45, 7) is 14.5. The van der Waals surface area contributed by atoms with Crippen molar-refractivity contribution >= 4 is 0 Å². The van der Waals surface area contributed by atoms with Gasteiger partial charge in [0.15, 0.2) is 0 Å². The maximum Gasteiger partial charge on any atom is 0.0765 e. The number of aromatic nitrogens is 2. The zero-order chi connectivity index (χ0) is 15.4. The summed E-state index contributed by atoms with van der Waals surface area (Å²) in [5, 5.41) is 8.42. The first kappa shape index (κ1) is 16.5. The first-order chi connectivity index (χ1) is 9.99. The predicted molar refractivity (Wildman–Crippen MR) is 88.3 cm³/mol. The molecule has 1 fully saturated rings. The zero-order valence-corrected chi connectivity index (χ0v) is 14.3. The number of rotatable bonds is 6. The lowest BCUT2D eigenvalue weighted by Gasteiger charge is -2.40. The Morgan fingerprint density at radius 1 is 1.33 bits per heavy atom. The molecule has 1 aliphatic rings. The van der Waals surface area contributed by atoms with Crippen LogP contribution in [0.1, 0.15) is 59.2 Å². The molecule has 0 radical (unpaired) electrons. The van der Waals surface area contributed by atoms with Crippen LogP contribution in [0.25, 0.3) is 0 Å². The summed E-state index contributed by atoms with van der Waals surface area (Å²) < 4.78 is 2.06. The van der Waals surface area contributed by atoms with Gasteiger partial charge in [0.25, 0.3) is 0 Å². The molecule has 120 valence electrons. The summed E-state index contributed by atoms with van der Waals surface area (Å²) in [5.41, 5.74) is 1.20. The van der Waals surface area contributed by atoms with Gasteiger partial charge in [-0.2, -0.15) is 5.10 Å². The first-order valence-electron chi connectivity index (χ1n) is 8.51. The Hall–Kier alpha value is -0.870. The van der Waals surface area contributed by atoms with E-state index in [9.17, 15) is 0 Å². The van der Waals surface area contributed by atoms with Crippen LogP contribution >= 0.6 is 0 Å². The predicted octanol–water partition coefficient (Wildman–Crippen LogP) is 3.06. The second-order valence-corrected chi connectivity index (χ2v) is 7.11. The van der Waals surface area contributed by atoms with Crippen LogP contribution in [0.15, 0.2) is 12.3 Å². The van der Waals surface area contributed by atoms with Gasteiger partial charge in [-0.1, -0.05) is 20.8 Å². The molecule has 0 aliphatic carbocycles. The molecule has 2 heterocycles. The molecule has 21 heavy (non-hydrogen) atoms. The molecular formula is C17H32N4. The Bertz CT molecular complexity index is 424. The highest BCUT2D eigenvalue weighted by molar-refractivity contribution is 5.01. The smallest absolute Gasteiger partial charge is 0.0765 e. The summed E-state index contributed by atoms with van der Waals surface area (Å²) in [6.07, 6.45) is 4.57. The summed E-state index contributed by atoms with van der Waals surface area (Å²) in [5.74, 6) is 0.741. The van der Waals surface area contributed by atoms with E-state index < -0.39 is 0 Å². The summed E-state index contributed by atoms with van der Waals surface area (Å²) in [6, 6.07) is 3.88. The fourth-order valence-corrected chi connectivity index (χ4v) is 3.13. The van der Waals surface area contributed by atoms with Gasteiger partial charge in [0.05, 0.1) is 5.69 Å². The first-order valence-corrected chi connectivity index (χ1v) is 8.51. The second-order valence-electron chi connectivity index (χ2n) is 7.11. The van der Waals surface area contributed by atoms with Gasteiger partial charge >= 0.3 is 0 Å². The van der Waals surface area contributed by atoms with Gasteiger partial charge in [-0.25, -0.2) is 0 Å². The second kappa shape index (κ2) is 7.41. The Kier molecular flexibility index (Phi) is 5.82. The Balaban J connectivity index is 2.03. The van der Waals surface area contributed by atoms with E-state index in [0.29, 0.717) is 18.1 Å². The molecule has 0 saturated carbocycles. The molecular weight excluding hydrogens is 260 g/mol. The minimum atomic E-state index is 0.441. The molecule has 2 atom stereocenters. The molecule has 2 unspecified atom stereocenters. The van der Waals surface area contributed by atoms with Crippen LogP contribution in [0, 0.1) is 5.92 Å². The molecule has 0 amide bonds. The summed E-state index contributed by atoms with van der Waals surface area (Å²) in [4.78, 5) is 2.64. The zero-order valence-electron chi connectivity index (χ0n) is 14.3. The number of nitrogens with one attached hydrogen (secondary N) is 1. The average molecular weight is 292 g/mol. The molecule has 1 N–H and O–H groups in total. The fourth-order valence-electron chi connectivity index (χ4n) is 3.13. The SMILES string of the molecule is CCC1CN(Cc2ccn(C(C)C)n2)C(CC(C)C)CN1. The minimum Gasteiger partial charge on any atom is -0.311 e. The van der Waals surface area contributed by atoms with Crippen molar-refractivity contribution in [2.24, 2.45) is 5.92 Å². The quantitative estimate of drug-likeness (QED) is 0.875. The number of nitrogens with zero attached hydrogens (tertiary/aromatic N) is 3. The van der Waals surface area contributed by atoms with E-state index in [1.165, 1.54) is 18.5 Å². The van der Waals surface area contributed by atoms with Crippen LogP contribution in [0.4, 0.5) is 0 Å². The highest BCUT2D eigenvalue weighted by atomic mass is 15.3. The van der Waals surface area contributed by atoms with Gasteiger partial charge in [0.2, 0.25) is 0 Å². The molecule has 2 rings (SSSR count). The van der Waals surface area contributed by atoms with E-state index in [1.54, 1.807) is 0 Å². The van der Waals surface area contributed by atoms with Gasteiger partial charge in [0.1, 0.15) is 0 Å². The normalized spacial score (nSPS) is 24.1. The molecule has 1 saturated heterocycles. The Morgan fingerprint density at radius 2 is 2.10 bits per heavy atom. The van der Waals surface area contributed by atoms with Crippen LogP contribution < -0.4 is 5.32 Å². The van der Waals surface area contributed by atoms with Crippen molar-refractivity contribution in [1.82, 2.24) is 20.0 Å². The van der Waals surface area contributed by atoms with Gasteiger partial charge in [0, 0.05) is 44.0 Å². The topological polar surface area (TPSA) is 33.1 Å². The molecule has 0 bridgehead atoms. The van der Waals surface area contributed by atoms with Gasteiger partial charge < -0.3 is 5.32 Å². The van der Waals surface area contributed by atoms with Crippen molar-refractivity contribution in [2.75, 3.05) is 13.1 Å². The maximum absolute atomic E-state index is 4.72. The average Bonchev–Trinajstić information content (AvgIpc) is 2.89. The van der Waals surface area contributed by atoms with Crippen molar-refractivity contribution in [3.63, 3.8) is 0 Å². The third-order valence-corrected chi connectivity index (χ3v) is 4.41. The van der Waals surface area contributed by atoms with E-state index >= 15 is 0 Å². The molecule has 4 nitrogen and oxygen atoms in total. The number of hydrogen-bond acceptors (Lipinski definition) is 3. The third-order valence-electron chi connectivity index (χ3n) is 4.41. The van der Waals surface area contributed by atoms with E-state index in [2.05, 4.69) is 61.8 Å². The molecule has 0 aromatic carbocycles. The van der Waals surface area contributed by atoms with E-state index in [4.69, 9.17) is 5.10 Å². The van der Waals surface area contributed by atoms with E-state index in [0.717, 1.165) is 25.6 Å². The van der Waals surface area contributed by atoms with Gasteiger partial charge in [-0.3, -0.25) is 9.58 Å². The van der Waals surface area contributed by atoms with Crippen LogP contribution in [-0.2, 0) is 6.54 Å². The van der Waals surface area contributed by atoms with Crippen molar-refractivity contribution in [3.05, 3.63) is 18.0 Å². The lowest BCUT2D eigenvalue weighted by Crippen LogP contribution is -2.56. The van der Waals surface area contributed by atoms with Crippen molar-refractivity contribution in [1.29, 1.82) is 0 Å². The van der Waals surface area contributed by atoms with Crippen LogP contribution in [0.3, 0.4) is 0 Å². The minimum absolute atomic E-state index is 0.441. The highest BCUT2D eigenvalue weighted by Crippen LogP contribution is 2.19. The largest absolute Gasteiger partial charge is 0.311 e. The maximum atomic E-state index is 4.72. The monoisotopic (exact) mass is 292 g/mol. The van der Waals surface area contributed by atoms with Gasteiger partial charge in [-0.05, 0) is 38.7 Å². The lowest BCUT2D eigenvalue weighted by molar-refractivity contribution is 0.104. The van der Waals surface area contributed by atoms with Crippen LogP contribution in [-0.4, -0.2) is 39.9 Å². The van der Waals surface area contributed by atoms with Crippen molar-refractivity contribution in [3.8, 4) is 0 Å².